The molecule has 0 saturated heterocycles. The summed E-state index contributed by atoms with van der Waals surface area (Å²) in [6.45, 7) is 9.33. The van der Waals surface area contributed by atoms with Crippen LogP contribution >= 0.6 is 7.80 Å². The second kappa shape index (κ2) is 8.23. The Morgan fingerprint density at radius 1 is 0.690 bits per heavy atom. The summed E-state index contributed by atoms with van der Waals surface area (Å²) in [5, 5.41) is 0.514. The van der Waals surface area contributed by atoms with Crippen molar-refractivity contribution in [3.63, 3.8) is 0 Å². The molecule has 0 bridgehead atoms. The molecule has 4 heteroatoms. The number of benzene rings is 3. The Balaban J connectivity index is 2.09. The highest BCUT2D eigenvalue weighted by Crippen LogP contribution is 2.33. The largest absolute Gasteiger partial charge is 0.458 e. The maximum absolute atomic E-state index is 13.3. The van der Waals surface area contributed by atoms with Crippen LogP contribution in [0.5, 0.6) is 0 Å². The Bertz CT molecular complexity index is 1120. The van der Waals surface area contributed by atoms with Gasteiger partial charge in [0.15, 0.2) is 11.1 Å². The summed E-state index contributed by atoms with van der Waals surface area (Å²) in [4.78, 5) is 26.3. The summed E-state index contributed by atoms with van der Waals surface area (Å²) in [6.07, 6.45) is 0. The second-order valence-corrected chi connectivity index (χ2v) is 8.91. The Morgan fingerprint density at radius 3 is 1.86 bits per heavy atom. The molecule has 0 N–H and O–H groups in total. The van der Waals surface area contributed by atoms with Crippen molar-refractivity contribution in [2.45, 2.75) is 34.6 Å². The van der Waals surface area contributed by atoms with Crippen LogP contribution in [0.25, 0.3) is 0 Å². The molecule has 3 aromatic rings. The lowest BCUT2D eigenvalue weighted by molar-refractivity contribution is 0.103. The van der Waals surface area contributed by atoms with Crippen LogP contribution in [0.3, 0.4) is 0 Å². The zero-order valence-corrected chi connectivity index (χ0v) is 18.3. The normalized spacial score (nSPS) is 11.3. The molecule has 0 aliphatic heterocycles. The molecule has 3 rings (SSSR count). The van der Waals surface area contributed by atoms with Crippen LogP contribution < -0.4 is 5.30 Å². The molecule has 3 nitrogen and oxygen atoms in total. The van der Waals surface area contributed by atoms with Crippen LogP contribution in [0, 0.1) is 34.6 Å². The molecule has 0 saturated carbocycles. The number of carbonyl (C=O) groups excluding carboxylic acids is 2. The van der Waals surface area contributed by atoms with E-state index < -0.39 is 13.3 Å². The lowest BCUT2D eigenvalue weighted by atomic mass is 9.88. The lowest BCUT2D eigenvalue weighted by Crippen LogP contribution is -2.13. The van der Waals surface area contributed by atoms with Gasteiger partial charge in [0.2, 0.25) is 0 Å². The number of ketones is 1. The van der Waals surface area contributed by atoms with Crippen molar-refractivity contribution in [1.82, 2.24) is 0 Å². The first-order valence-corrected chi connectivity index (χ1v) is 10.8. The summed E-state index contributed by atoms with van der Waals surface area (Å²) in [7, 11) is -2.21. The third-order valence-corrected chi connectivity index (χ3v) is 6.80. The van der Waals surface area contributed by atoms with Gasteiger partial charge in [0, 0.05) is 11.1 Å². The number of aryl methyl sites for hydroxylation is 3. The molecule has 0 aliphatic carbocycles. The maximum atomic E-state index is 13.3. The van der Waals surface area contributed by atoms with Gasteiger partial charge in [0.1, 0.15) is 0 Å². The predicted molar refractivity (Wildman–Crippen MR) is 118 cm³/mol. The smallest absolute Gasteiger partial charge is 0.289 e. The predicted octanol–water partition coefficient (Wildman–Crippen LogP) is 5.75. The lowest BCUT2D eigenvalue weighted by Gasteiger charge is -2.15. The van der Waals surface area contributed by atoms with Gasteiger partial charge < -0.3 is 0 Å². The van der Waals surface area contributed by atoms with Crippen LogP contribution in [-0.2, 0) is 4.57 Å². The summed E-state index contributed by atoms with van der Waals surface area (Å²) < 4.78 is 12.8. The second-order valence-electron chi connectivity index (χ2n) is 7.40. The Morgan fingerprint density at radius 2 is 1.28 bits per heavy atom. The maximum Gasteiger partial charge on any atom is 0.458 e. The van der Waals surface area contributed by atoms with E-state index in [-0.39, 0.29) is 5.78 Å². The fourth-order valence-electron chi connectivity index (χ4n) is 3.74. The van der Waals surface area contributed by atoms with Crippen molar-refractivity contribution in [2.75, 3.05) is 0 Å². The van der Waals surface area contributed by atoms with Crippen LogP contribution in [0.15, 0.2) is 54.6 Å². The third kappa shape index (κ3) is 3.83. The fourth-order valence-corrected chi connectivity index (χ4v) is 4.96. The van der Waals surface area contributed by atoms with Gasteiger partial charge in [-0.25, -0.2) is 4.79 Å². The van der Waals surface area contributed by atoms with Crippen molar-refractivity contribution in [3.8, 4) is 0 Å². The molecule has 3 aromatic carbocycles. The zero-order chi connectivity index (χ0) is 21.3. The quantitative estimate of drug-likeness (QED) is 0.402. The molecule has 0 radical (unpaired) electrons. The van der Waals surface area contributed by atoms with E-state index in [2.05, 4.69) is 0 Å². The van der Waals surface area contributed by atoms with Crippen LogP contribution in [-0.4, -0.2) is 11.3 Å². The minimum atomic E-state index is -2.21. The monoisotopic (exact) mass is 403 g/mol. The summed E-state index contributed by atoms with van der Waals surface area (Å²) in [6, 6.07) is 16.3. The zero-order valence-electron chi connectivity index (χ0n) is 17.4. The Hall–Kier alpha value is -2.90. The summed E-state index contributed by atoms with van der Waals surface area (Å²) in [5.41, 5.74) is 5.33. The molecule has 0 fully saturated rings. The van der Waals surface area contributed by atoms with Crippen LogP contribution in [0.4, 0.5) is 0 Å². The topological polar surface area (TPSA) is 51.2 Å². The molecule has 0 amide bonds. The van der Waals surface area contributed by atoms with Gasteiger partial charge in [-0.1, -0.05) is 41.0 Å². The number of hydrogen-bond donors (Lipinski definition) is 0. The van der Waals surface area contributed by atoms with Gasteiger partial charge in [0.25, 0.3) is 0 Å². The molecule has 29 heavy (non-hydrogen) atoms. The summed E-state index contributed by atoms with van der Waals surface area (Å²) in [5.74, 6) is -0.0456. The highest BCUT2D eigenvalue weighted by molar-refractivity contribution is 7.71. The van der Waals surface area contributed by atoms with Crippen molar-refractivity contribution < 1.29 is 14.2 Å². The molecule has 1 atom stereocenters. The molecule has 0 heterocycles. The Labute approximate surface area is 172 Å². The standard InChI is InChI=1S/C25H24O3P/c1-15-10-9-11-16(2)22(15)24(26)21-14-17(3)23(19(5)18(21)4)25(27)29(28)20-12-7-6-8-13-20/h6-14H,1-5H3/q+1. The molecule has 0 aliphatic rings. The molecule has 1 unspecified atom stereocenters. The average molecular weight is 403 g/mol. The summed E-state index contributed by atoms with van der Waals surface area (Å²) >= 11 is 0. The van der Waals surface area contributed by atoms with E-state index in [1.165, 1.54) is 0 Å². The van der Waals surface area contributed by atoms with Crippen LogP contribution in [0.1, 0.15) is 54.1 Å². The van der Waals surface area contributed by atoms with E-state index in [0.717, 1.165) is 16.7 Å². The van der Waals surface area contributed by atoms with E-state index in [0.29, 0.717) is 33.1 Å². The molecular weight excluding hydrogens is 379 g/mol. The third-order valence-electron chi connectivity index (χ3n) is 5.44. The molecule has 0 aromatic heterocycles. The highest BCUT2D eigenvalue weighted by atomic mass is 31.1. The van der Waals surface area contributed by atoms with E-state index in [1.54, 1.807) is 37.3 Å². The number of carbonyl (C=O) groups is 2. The first-order valence-electron chi connectivity index (χ1n) is 9.52. The minimum absolute atomic E-state index is 0.0456. The van der Waals surface area contributed by atoms with Gasteiger partial charge in [0.05, 0.1) is 5.56 Å². The van der Waals surface area contributed by atoms with E-state index >= 15 is 0 Å². The van der Waals surface area contributed by atoms with Crippen molar-refractivity contribution in [1.29, 1.82) is 0 Å². The van der Waals surface area contributed by atoms with Gasteiger partial charge in [-0.05, 0) is 80.6 Å². The number of rotatable bonds is 5. The molecule has 0 spiro atoms. The average Bonchev–Trinajstić information content (AvgIpc) is 2.70. The van der Waals surface area contributed by atoms with Crippen molar-refractivity contribution in [2.24, 2.45) is 0 Å². The first-order chi connectivity index (χ1) is 13.7. The van der Waals surface area contributed by atoms with Crippen molar-refractivity contribution >= 4 is 24.4 Å². The first kappa shape index (κ1) is 20.8. The fraction of sp³-hybridized carbons (Fsp3) is 0.200. The number of hydrogen-bond acceptors (Lipinski definition) is 3. The van der Waals surface area contributed by atoms with Gasteiger partial charge >= 0.3 is 13.3 Å². The highest BCUT2D eigenvalue weighted by Gasteiger charge is 2.36. The van der Waals surface area contributed by atoms with Crippen molar-refractivity contribution in [3.05, 3.63) is 99.1 Å². The molecular formula is C25H24O3P+. The minimum Gasteiger partial charge on any atom is -0.289 e. The van der Waals surface area contributed by atoms with E-state index in [9.17, 15) is 14.2 Å². The van der Waals surface area contributed by atoms with Gasteiger partial charge in [-0.2, -0.15) is 0 Å². The SMILES string of the molecule is Cc1cccc(C)c1C(=O)c1cc(C)c(C(=O)[P+](=O)c2ccccc2)c(C)c1C. The van der Waals surface area contributed by atoms with Crippen LogP contribution in [0.2, 0.25) is 0 Å². The van der Waals surface area contributed by atoms with Gasteiger partial charge in [-0.15, -0.1) is 0 Å². The van der Waals surface area contributed by atoms with E-state index in [4.69, 9.17) is 0 Å². The molecule has 146 valence electrons. The van der Waals surface area contributed by atoms with E-state index in [1.807, 2.05) is 52.0 Å². The Kier molecular flexibility index (Phi) is 5.91. The van der Waals surface area contributed by atoms with Gasteiger partial charge in [-0.3, -0.25) is 4.79 Å².